The standard InChI is InChI=1S/C12H14N2O4/c15-6-10(16)12(18)11(17)9-5-13-7-3-1-2-4-8(7)14-9/h1-5,10-12,15-18H,6H2/t10-,11-,12-/m0/s1. The minimum Gasteiger partial charge on any atom is -0.394 e. The first kappa shape index (κ1) is 12.8. The molecule has 1 aromatic carbocycles. The van der Waals surface area contributed by atoms with E-state index in [0.717, 1.165) is 0 Å². The van der Waals surface area contributed by atoms with Gasteiger partial charge in [0.2, 0.25) is 0 Å². The molecule has 3 atom stereocenters. The average Bonchev–Trinajstić information content (AvgIpc) is 2.44. The molecule has 0 saturated heterocycles. The van der Waals surface area contributed by atoms with E-state index in [4.69, 9.17) is 5.11 Å². The highest BCUT2D eigenvalue weighted by molar-refractivity contribution is 5.73. The molecule has 0 unspecified atom stereocenters. The number of fused-ring (bicyclic) bond motifs is 1. The van der Waals surface area contributed by atoms with Crippen molar-refractivity contribution in [2.75, 3.05) is 6.61 Å². The van der Waals surface area contributed by atoms with E-state index in [2.05, 4.69) is 9.97 Å². The lowest BCUT2D eigenvalue weighted by Crippen LogP contribution is -2.35. The molecule has 0 aliphatic rings. The van der Waals surface area contributed by atoms with Crippen LogP contribution in [-0.4, -0.2) is 49.2 Å². The number of aliphatic hydroxyl groups excluding tert-OH is 4. The molecule has 1 aromatic heterocycles. The molecule has 96 valence electrons. The summed E-state index contributed by atoms with van der Waals surface area (Å²) in [6, 6.07) is 7.11. The van der Waals surface area contributed by atoms with Crippen LogP contribution in [-0.2, 0) is 0 Å². The van der Waals surface area contributed by atoms with Crippen LogP contribution in [0.15, 0.2) is 30.5 Å². The molecule has 0 aliphatic heterocycles. The van der Waals surface area contributed by atoms with E-state index in [1.165, 1.54) is 6.20 Å². The molecule has 0 saturated carbocycles. The Bertz CT molecular complexity index is 534. The first-order valence-electron chi connectivity index (χ1n) is 5.50. The predicted molar refractivity (Wildman–Crippen MR) is 63.6 cm³/mol. The number of benzene rings is 1. The Labute approximate surface area is 103 Å². The van der Waals surface area contributed by atoms with Gasteiger partial charge in [0, 0.05) is 0 Å². The Hall–Kier alpha value is -1.60. The second kappa shape index (κ2) is 5.36. The van der Waals surface area contributed by atoms with E-state index in [-0.39, 0.29) is 5.69 Å². The van der Waals surface area contributed by atoms with Crippen LogP contribution in [0.25, 0.3) is 11.0 Å². The molecule has 0 fully saturated rings. The number of hydrogen-bond acceptors (Lipinski definition) is 6. The van der Waals surface area contributed by atoms with Gasteiger partial charge in [-0.25, -0.2) is 4.98 Å². The maximum absolute atomic E-state index is 9.83. The average molecular weight is 250 g/mol. The zero-order valence-electron chi connectivity index (χ0n) is 9.51. The smallest absolute Gasteiger partial charge is 0.126 e. The van der Waals surface area contributed by atoms with Crippen molar-refractivity contribution in [1.29, 1.82) is 0 Å². The first-order chi connectivity index (χ1) is 8.63. The summed E-state index contributed by atoms with van der Waals surface area (Å²) >= 11 is 0. The maximum Gasteiger partial charge on any atom is 0.126 e. The molecule has 0 bridgehead atoms. The minimum atomic E-state index is -1.51. The third kappa shape index (κ3) is 2.46. The fourth-order valence-electron chi connectivity index (χ4n) is 1.61. The van der Waals surface area contributed by atoms with Crippen molar-refractivity contribution in [2.45, 2.75) is 18.3 Å². The van der Waals surface area contributed by atoms with Crippen LogP contribution in [0.2, 0.25) is 0 Å². The maximum atomic E-state index is 9.83. The number of aromatic nitrogens is 2. The Morgan fingerprint density at radius 1 is 1.06 bits per heavy atom. The highest BCUT2D eigenvalue weighted by Crippen LogP contribution is 2.18. The molecule has 4 N–H and O–H groups in total. The summed E-state index contributed by atoms with van der Waals surface area (Å²) in [5, 5.41) is 37.4. The van der Waals surface area contributed by atoms with Crippen molar-refractivity contribution < 1.29 is 20.4 Å². The molecule has 0 radical (unpaired) electrons. The largest absolute Gasteiger partial charge is 0.394 e. The lowest BCUT2D eigenvalue weighted by Gasteiger charge is -2.20. The van der Waals surface area contributed by atoms with Crippen molar-refractivity contribution >= 4 is 11.0 Å². The normalized spacial score (nSPS) is 16.4. The van der Waals surface area contributed by atoms with Crippen molar-refractivity contribution in [3.05, 3.63) is 36.2 Å². The van der Waals surface area contributed by atoms with Crippen molar-refractivity contribution in [3.8, 4) is 0 Å². The van der Waals surface area contributed by atoms with Gasteiger partial charge in [-0.2, -0.15) is 0 Å². The van der Waals surface area contributed by atoms with Crippen LogP contribution in [0.5, 0.6) is 0 Å². The summed E-state index contributed by atoms with van der Waals surface area (Å²) in [5.41, 5.74) is 1.40. The van der Waals surface area contributed by atoms with Gasteiger partial charge in [-0.15, -0.1) is 0 Å². The third-order valence-electron chi connectivity index (χ3n) is 2.67. The van der Waals surface area contributed by atoms with Crippen LogP contribution in [0.1, 0.15) is 11.8 Å². The number of aliphatic hydroxyl groups is 4. The lowest BCUT2D eigenvalue weighted by molar-refractivity contribution is -0.0789. The van der Waals surface area contributed by atoms with Crippen LogP contribution in [0.3, 0.4) is 0 Å². The number of rotatable bonds is 4. The van der Waals surface area contributed by atoms with Crippen LogP contribution in [0, 0.1) is 0 Å². The number of nitrogens with zero attached hydrogens (tertiary/aromatic N) is 2. The monoisotopic (exact) mass is 250 g/mol. The van der Waals surface area contributed by atoms with Crippen LogP contribution >= 0.6 is 0 Å². The summed E-state index contributed by atoms with van der Waals surface area (Å²) in [6.07, 6.45) is -3.00. The molecule has 0 amide bonds. The topological polar surface area (TPSA) is 107 Å². The Morgan fingerprint density at radius 2 is 1.72 bits per heavy atom. The SMILES string of the molecule is OC[C@H](O)[C@H](O)[C@@H](O)c1cnc2ccccc2n1. The molecule has 0 spiro atoms. The van der Waals surface area contributed by atoms with Gasteiger partial charge >= 0.3 is 0 Å². The van der Waals surface area contributed by atoms with E-state index in [1.807, 2.05) is 6.07 Å². The highest BCUT2D eigenvalue weighted by atomic mass is 16.4. The molecular weight excluding hydrogens is 236 g/mol. The first-order valence-corrected chi connectivity index (χ1v) is 5.50. The molecule has 6 nitrogen and oxygen atoms in total. The Balaban J connectivity index is 2.30. The minimum absolute atomic E-state index is 0.147. The summed E-state index contributed by atoms with van der Waals surface area (Å²) in [6.45, 7) is -0.640. The zero-order valence-corrected chi connectivity index (χ0v) is 9.51. The quantitative estimate of drug-likeness (QED) is 0.576. The van der Waals surface area contributed by atoms with Crippen molar-refractivity contribution in [3.63, 3.8) is 0 Å². The summed E-state index contributed by atoms with van der Waals surface area (Å²) < 4.78 is 0. The van der Waals surface area contributed by atoms with Crippen LogP contribution in [0.4, 0.5) is 0 Å². The van der Waals surface area contributed by atoms with E-state index < -0.39 is 24.9 Å². The van der Waals surface area contributed by atoms with Crippen molar-refractivity contribution in [2.24, 2.45) is 0 Å². The number of hydrogen-bond donors (Lipinski definition) is 4. The Morgan fingerprint density at radius 3 is 2.39 bits per heavy atom. The van der Waals surface area contributed by atoms with Crippen molar-refractivity contribution in [1.82, 2.24) is 9.97 Å². The number of para-hydroxylation sites is 2. The van der Waals surface area contributed by atoms with Gasteiger partial charge in [-0.3, -0.25) is 4.98 Å². The molecule has 18 heavy (non-hydrogen) atoms. The third-order valence-corrected chi connectivity index (χ3v) is 2.67. The molecule has 2 aromatic rings. The van der Waals surface area contributed by atoms with Gasteiger partial charge in [-0.05, 0) is 12.1 Å². The molecule has 0 aliphatic carbocycles. The van der Waals surface area contributed by atoms with E-state index in [1.54, 1.807) is 18.2 Å². The van der Waals surface area contributed by atoms with Gasteiger partial charge in [0.25, 0.3) is 0 Å². The second-order valence-electron chi connectivity index (χ2n) is 3.97. The summed E-state index contributed by atoms with van der Waals surface area (Å²) in [4.78, 5) is 8.24. The van der Waals surface area contributed by atoms with E-state index in [0.29, 0.717) is 11.0 Å². The Kier molecular flexibility index (Phi) is 3.83. The van der Waals surface area contributed by atoms with Gasteiger partial charge in [-0.1, -0.05) is 12.1 Å². The fourth-order valence-corrected chi connectivity index (χ4v) is 1.61. The lowest BCUT2D eigenvalue weighted by atomic mass is 10.1. The van der Waals surface area contributed by atoms with Gasteiger partial charge < -0.3 is 20.4 Å². The molecule has 1 heterocycles. The second-order valence-corrected chi connectivity index (χ2v) is 3.97. The predicted octanol–water partition coefficient (Wildman–Crippen LogP) is -0.623. The summed E-state index contributed by atoms with van der Waals surface area (Å²) in [7, 11) is 0. The molecule has 6 heteroatoms. The summed E-state index contributed by atoms with van der Waals surface area (Å²) in [5.74, 6) is 0. The fraction of sp³-hybridized carbons (Fsp3) is 0.333. The van der Waals surface area contributed by atoms with E-state index >= 15 is 0 Å². The van der Waals surface area contributed by atoms with Gasteiger partial charge in [0.05, 0.1) is 29.5 Å². The van der Waals surface area contributed by atoms with E-state index in [9.17, 15) is 15.3 Å². The molecule has 2 rings (SSSR count). The zero-order chi connectivity index (χ0) is 13.1. The van der Waals surface area contributed by atoms with Crippen LogP contribution < -0.4 is 0 Å². The highest BCUT2D eigenvalue weighted by Gasteiger charge is 2.26. The van der Waals surface area contributed by atoms with Gasteiger partial charge in [0.1, 0.15) is 18.3 Å². The molecular formula is C12H14N2O4. The van der Waals surface area contributed by atoms with Gasteiger partial charge in [0.15, 0.2) is 0 Å².